The zero-order valence-electron chi connectivity index (χ0n) is 14.5. The van der Waals surface area contributed by atoms with Crippen LogP contribution >= 0.6 is 22.9 Å². The van der Waals surface area contributed by atoms with E-state index >= 15 is 0 Å². The summed E-state index contributed by atoms with van der Waals surface area (Å²) in [7, 11) is 0. The molecule has 2 N–H and O–H groups in total. The van der Waals surface area contributed by atoms with Crippen LogP contribution in [0.1, 0.15) is 22.4 Å². The number of thiophene rings is 1. The van der Waals surface area contributed by atoms with Crippen molar-refractivity contribution in [2.45, 2.75) is 24.8 Å². The average Bonchev–Trinajstić information content (AvgIpc) is 3.29. The number of fused-ring (bicyclic) bond motifs is 2. The minimum atomic E-state index is -1.03. The highest BCUT2D eigenvalue weighted by Crippen LogP contribution is 2.41. The molecule has 140 valence electrons. The average molecular weight is 404 g/mol. The Labute approximate surface area is 165 Å². The second kappa shape index (κ2) is 6.98. The van der Waals surface area contributed by atoms with Crippen LogP contribution in [0.5, 0.6) is 0 Å². The fraction of sp³-hybridized carbons (Fsp3) is 0.316. The SMILES string of the molecule is O=C(CN1C(=O)N[C@@]2(CCc3ccccc32)C1=O)NCCc1ccc(Cl)s1. The number of benzene rings is 1. The summed E-state index contributed by atoms with van der Waals surface area (Å²) in [5.74, 6) is -0.706. The van der Waals surface area contributed by atoms with E-state index in [4.69, 9.17) is 11.6 Å². The van der Waals surface area contributed by atoms with Crippen molar-refractivity contribution in [3.8, 4) is 0 Å². The summed E-state index contributed by atoms with van der Waals surface area (Å²) in [4.78, 5) is 39.7. The lowest BCUT2D eigenvalue weighted by atomic mass is 9.92. The van der Waals surface area contributed by atoms with E-state index in [0.29, 0.717) is 23.7 Å². The van der Waals surface area contributed by atoms with Gasteiger partial charge in [0.25, 0.3) is 5.91 Å². The summed E-state index contributed by atoms with van der Waals surface area (Å²) in [6.07, 6.45) is 1.90. The second-order valence-electron chi connectivity index (χ2n) is 6.69. The number of nitrogens with zero attached hydrogens (tertiary/aromatic N) is 1. The Morgan fingerprint density at radius 1 is 1.26 bits per heavy atom. The van der Waals surface area contributed by atoms with E-state index in [1.165, 1.54) is 11.3 Å². The van der Waals surface area contributed by atoms with Crippen molar-refractivity contribution in [2.24, 2.45) is 0 Å². The van der Waals surface area contributed by atoms with Crippen molar-refractivity contribution in [1.82, 2.24) is 15.5 Å². The molecule has 1 aromatic carbocycles. The Balaban J connectivity index is 1.39. The standard InChI is InChI=1S/C19H18ClN3O3S/c20-15-6-5-13(27-15)8-10-21-16(24)11-23-17(25)19(22-18(23)26)9-7-12-3-1-2-4-14(12)19/h1-6H,7-11H2,(H,21,24)(H,22,26)/t19-/m1/s1. The van der Waals surface area contributed by atoms with Crippen molar-refractivity contribution < 1.29 is 14.4 Å². The Hall–Kier alpha value is -2.38. The molecule has 27 heavy (non-hydrogen) atoms. The van der Waals surface area contributed by atoms with Crippen LogP contribution in [0.3, 0.4) is 0 Å². The molecule has 2 aliphatic rings. The lowest BCUT2D eigenvalue weighted by Gasteiger charge is -2.22. The lowest BCUT2D eigenvalue weighted by molar-refractivity contribution is -0.135. The molecule has 0 saturated carbocycles. The first-order chi connectivity index (χ1) is 13.0. The molecule has 1 spiro atoms. The molecule has 2 heterocycles. The van der Waals surface area contributed by atoms with Gasteiger partial charge in [-0.1, -0.05) is 35.9 Å². The van der Waals surface area contributed by atoms with Crippen LogP contribution in [0.25, 0.3) is 0 Å². The molecule has 1 aliphatic carbocycles. The van der Waals surface area contributed by atoms with Crippen molar-refractivity contribution >= 4 is 40.8 Å². The topological polar surface area (TPSA) is 78.5 Å². The highest BCUT2D eigenvalue weighted by atomic mass is 35.5. The molecule has 0 unspecified atom stereocenters. The minimum Gasteiger partial charge on any atom is -0.354 e. The van der Waals surface area contributed by atoms with Gasteiger partial charge in [-0.3, -0.25) is 14.5 Å². The Morgan fingerprint density at radius 2 is 2.07 bits per heavy atom. The van der Waals surface area contributed by atoms with E-state index in [-0.39, 0.29) is 18.4 Å². The highest BCUT2D eigenvalue weighted by Gasteiger charge is 2.55. The molecule has 0 bridgehead atoms. The molecule has 1 fully saturated rings. The summed E-state index contributed by atoms with van der Waals surface area (Å²) < 4.78 is 0.706. The van der Waals surface area contributed by atoms with Gasteiger partial charge in [0.05, 0.1) is 4.34 Å². The van der Waals surface area contributed by atoms with E-state index in [2.05, 4.69) is 10.6 Å². The maximum absolute atomic E-state index is 13.0. The first-order valence-corrected chi connectivity index (χ1v) is 9.92. The molecule has 1 saturated heterocycles. The van der Waals surface area contributed by atoms with Gasteiger partial charge in [-0.25, -0.2) is 4.79 Å². The van der Waals surface area contributed by atoms with E-state index < -0.39 is 11.6 Å². The van der Waals surface area contributed by atoms with Crippen molar-refractivity contribution in [1.29, 1.82) is 0 Å². The number of carbonyl (C=O) groups is 3. The summed E-state index contributed by atoms with van der Waals surface area (Å²) in [5.41, 5.74) is 0.870. The Morgan fingerprint density at radius 3 is 2.85 bits per heavy atom. The number of aryl methyl sites for hydroxylation is 1. The quantitative estimate of drug-likeness (QED) is 0.753. The molecule has 1 aromatic heterocycles. The van der Waals surface area contributed by atoms with Gasteiger partial charge >= 0.3 is 6.03 Å². The number of nitrogens with one attached hydrogen (secondary N) is 2. The van der Waals surface area contributed by atoms with Crippen LogP contribution in [-0.2, 0) is 28.0 Å². The first-order valence-electron chi connectivity index (χ1n) is 8.73. The number of hydrogen-bond donors (Lipinski definition) is 2. The van der Waals surface area contributed by atoms with E-state index in [9.17, 15) is 14.4 Å². The van der Waals surface area contributed by atoms with Crippen molar-refractivity contribution in [3.05, 3.63) is 56.7 Å². The number of rotatable bonds is 5. The molecule has 4 rings (SSSR count). The second-order valence-corrected chi connectivity index (χ2v) is 8.49. The van der Waals surface area contributed by atoms with Gasteiger partial charge < -0.3 is 10.6 Å². The third-order valence-corrected chi connectivity index (χ3v) is 6.34. The van der Waals surface area contributed by atoms with Gasteiger partial charge in [-0.15, -0.1) is 11.3 Å². The zero-order chi connectivity index (χ0) is 19.0. The van der Waals surface area contributed by atoms with E-state index in [0.717, 1.165) is 27.3 Å². The summed E-state index contributed by atoms with van der Waals surface area (Å²) >= 11 is 7.35. The van der Waals surface area contributed by atoms with E-state index in [1.54, 1.807) is 0 Å². The van der Waals surface area contributed by atoms with Crippen LogP contribution < -0.4 is 10.6 Å². The normalized spacial score (nSPS) is 20.9. The predicted molar refractivity (Wildman–Crippen MR) is 103 cm³/mol. The summed E-state index contributed by atoms with van der Waals surface area (Å²) in [6.45, 7) is 0.146. The van der Waals surface area contributed by atoms with Crippen LogP contribution in [0, 0.1) is 0 Å². The van der Waals surface area contributed by atoms with Gasteiger partial charge in [0, 0.05) is 11.4 Å². The van der Waals surface area contributed by atoms with Crippen molar-refractivity contribution in [3.63, 3.8) is 0 Å². The molecular weight excluding hydrogens is 386 g/mol. The monoisotopic (exact) mass is 403 g/mol. The largest absolute Gasteiger partial charge is 0.354 e. The van der Waals surface area contributed by atoms with Gasteiger partial charge in [0.15, 0.2) is 0 Å². The molecule has 0 radical (unpaired) electrons. The van der Waals surface area contributed by atoms with Gasteiger partial charge in [-0.2, -0.15) is 0 Å². The zero-order valence-corrected chi connectivity index (χ0v) is 16.0. The molecule has 1 atom stereocenters. The van der Waals surface area contributed by atoms with Crippen LogP contribution in [0.4, 0.5) is 4.79 Å². The minimum absolute atomic E-state index is 0.278. The lowest BCUT2D eigenvalue weighted by Crippen LogP contribution is -2.44. The van der Waals surface area contributed by atoms with Crippen LogP contribution in [0.2, 0.25) is 4.34 Å². The molecular formula is C19H18ClN3O3S. The fourth-order valence-corrected chi connectivity index (χ4v) is 4.83. The highest BCUT2D eigenvalue weighted by molar-refractivity contribution is 7.16. The number of carbonyl (C=O) groups excluding carboxylic acids is 3. The van der Waals surface area contributed by atoms with Gasteiger partial charge in [-0.05, 0) is 42.5 Å². The third kappa shape index (κ3) is 3.21. The first kappa shape index (κ1) is 18.0. The van der Waals surface area contributed by atoms with Gasteiger partial charge in [0.1, 0.15) is 12.1 Å². The van der Waals surface area contributed by atoms with E-state index in [1.807, 2.05) is 36.4 Å². The molecule has 1 aliphatic heterocycles. The fourth-order valence-electron chi connectivity index (χ4n) is 3.74. The maximum atomic E-state index is 13.0. The maximum Gasteiger partial charge on any atom is 0.325 e. The molecule has 4 amide bonds. The third-order valence-electron chi connectivity index (χ3n) is 5.05. The number of hydrogen-bond acceptors (Lipinski definition) is 4. The summed E-state index contributed by atoms with van der Waals surface area (Å²) in [6, 6.07) is 10.8. The molecule has 6 nitrogen and oxygen atoms in total. The smallest absolute Gasteiger partial charge is 0.325 e. The Bertz CT molecular complexity index is 928. The molecule has 8 heteroatoms. The van der Waals surface area contributed by atoms with Crippen molar-refractivity contribution in [2.75, 3.05) is 13.1 Å². The number of amides is 4. The summed E-state index contributed by atoms with van der Waals surface area (Å²) in [5, 5.41) is 5.58. The molecule has 2 aromatic rings. The van der Waals surface area contributed by atoms with Crippen LogP contribution in [0.15, 0.2) is 36.4 Å². The number of urea groups is 1. The van der Waals surface area contributed by atoms with Gasteiger partial charge in [0.2, 0.25) is 5.91 Å². The number of halogens is 1. The van der Waals surface area contributed by atoms with Crippen LogP contribution in [-0.4, -0.2) is 35.8 Å². The Kier molecular flexibility index (Phi) is 4.65. The number of imide groups is 1. The predicted octanol–water partition coefficient (Wildman–Crippen LogP) is 2.45.